The van der Waals surface area contributed by atoms with Gasteiger partial charge in [0.2, 0.25) is 0 Å². The van der Waals surface area contributed by atoms with E-state index in [1.54, 1.807) is 0 Å². The molecule has 1 aromatic carbocycles. The monoisotopic (exact) mass is 214 g/mol. The van der Waals surface area contributed by atoms with E-state index in [2.05, 4.69) is 48.9 Å². The fraction of sp³-hybridized carbons (Fsp3) is 0.357. The third-order valence-corrected chi connectivity index (χ3v) is 3.20. The summed E-state index contributed by atoms with van der Waals surface area (Å²) in [6, 6.07) is 6.51. The number of hydrogen-bond donors (Lipinski definition) is 1. The number of rotatable bonds is 3. The minimum atomic E-state index is 0.338. The molecule has 0 unspecified atom stereocenters. The molecule has 2 rings (SSSR count). The van der Waals surface area contributed by atoms with Gasteiger partial charge in [0.05, 0.1) is 0 Å². The Kier molecular flexibility index (Phi) is 3.09. The van der Waals surface area contributed by atoms with Crippen LogP contribution in [0.5, 0.6) is 0 Å². The molecule has 84 valence electrons. The van der Waals surface area contributed by atoms with Crippen molar-refractivity contribution in [2.75, 3.05) is 0 Å². The Morgan fingerprint density at radius 2 is 2.19 bits per heavy atom. The summed E-state index contributed by atoms with van der Waals surface area (Å²) in [6.45, 7) is 6.59. The number of aromatic amines is 1. The van der Waals surface area contributed by atoms with Crippen LogP contribution in [-0.4, -0.2) is 9.97 Å². The molecule has 0 fully saturated rings. The molecule has 0 saturated heterocycles. The molecule has 0 radical (unpaired) electrons. The van der Waals surface area contributed by atoms with Crippen LogP contribution in [-0.2, 0) is 6.42 Å². The van der Waals surface area contributed by atoms with Crippen molar-refractivity contribution in [3.8, 4) is 0 Å². The van der Waals surface area contributed by atoms with Crippen LogP contribution in [0, 0.1) is 6.92 Å². The normalized spacial score (nSPS) is 12.7. The van der Waals surface area contributed by atoms with Crippen LogP contribution in [0.1, 0.15) is 42.3 Å². The molecule has 0 saturated carbocycles. The number of H-pyrrole nitrogens is 1. The van der Waals surface area contributed by atoms with Gasteiger partial charge in [-0.25, -0.2) is 4.98 Å². The van der Waals surface area contributed by atoms with Crippen molar-refractivity contribution in [1.29, 1.82) is 0 Å². The van der Waals surface area contributed by atoms with E-state index >= 15 is 0 Å². The van der Waals surface area contributed by atoms with E-state index in [4.69, 9.17) is 0 Å². The standard InChI is InChI=1S/C14H18N2/c1-4-12-10(2)6-5-7-13(12)11(3)14-15-8-9-16-14/h5-9,11H,4H2,1-3H3,(H,15,16)/t11-/m1/s1. The summed E-state index contributed by atoms with van der Waals surface area (Å²) in [5.74, 6) is 1.38. The lowest BCUT2D eigenvalue weighted by Crippen LogP contribution is -2.03. The average Bonchev–Trinajstić information content (AvgIpc) is 2.81. The minimum absolute atomic E-state index is 0.338. The molecule has 1 heterocycles. The maximum Gasteiger partial charge on any atom is 0.113 e. The Morgan fingerprint density at radius 3 is 2.81 bits per heavy atom. The Labute approximate surface area is 96.7 Å². The largest absolute Gasteiger partial charge is 0.348 e. The van der Waals surface area contributed by atoms with Gasteiger partial charge in [-0.2, -0.15) is 0 Å². The fourth-order valence-electron chi connectivity index (χ4n) is 2.28. The zero-order valence-electron chi connectivity index (χ0n) is 10.1. The van der Waals surface area contributed by atoms with Crippen LogP contribution >= 0.6 is 0 Å². The van der Waals surface area contributed by atoms with Crippen LogP contribution in [0.15, 0.2) is 30.6 Å². The summed E-state index contributed by atoms with van der Waals surface area (Å²) in [7, 11) is 0. The van der Waals surface area contributed by atoms with Crippen LogP contribution in [0.2, 0.25) is 0 Å². The van der Waals surface area contributed by atoms with Gasteiger partial charge in [0, 0.05) is 18.3 Å². The Hall–Kier alpha value is -1.57. The van der Waals surface area contributed by atoms with E-state index in [9.17, 15) is 0 Å². The number of benzene rings is 1. The van der Waals surface area contributed by atoms with Crippen molar-refractivity contribution >= 4 is 0 Å². The van der Waals surface area contributed by atoms with Crippen molar-refractivity contribution in [1.82, 2.24) is 9.97 Å². The molecule has 0 aliphatic rings. The van der Waals surface area contributed by atoms with Gasteiger partial charge in [0.25, 0.3) is 0 Å². The Morgan fingerprint density at radius 1 is 1.38 bits per heavy atom. The summed E-state index contributed by atoms with van der Waals surface area (Å²) in [5.41, 5.74) is 4.21. The molecule has 2 aromatic rings. The first-order chi connectivity index (χ1) is 7.74. The van der Waals surface area contributed by atoms with Gasteiger partial charge in [-0.15, -0.1) is 0 Å². The number of nitrogens with one attached hydrogen (secondary N) is 1. The maximum atomic E-state index is 4.34. The molecule has 0 bridgehead atoms. The molecule has 1 atom stereocenters. The van der Waals surface area contributed by atoms with E-state index in [0.717, 1.165) is 12.2 Å². The predicted octanol–water partition coefficient (Wildman–Crippen LogP) is 3.43. The first kappa shape index (κ1) is 10.9. The van der Waals surface area contributed by atoms with Gasteiger partial charge in [0.15, 0.2) is 0 Å². The maximum absolute atomic E-state index is 4.34. The number of nitrogens with zero attached hydrogens (tertiary/aromatic N) is 1. The molecule has 1 N–H and O–H groups in total. The second-order valence-corrected chi connectivity index (χ2v) is 4.19. The highest BCUT2D eigenvalue weighted by molar-refractivity contribution is 5.38. The molecule has 2 heteroatoms. The zero-order valence-corrected chi connectivity index (χ0v) is 10.1. The van der Waals surface area contributed by atoms with Crippen LogP contribution in [0.4, 0.5) is 0 Å². The van der Waals surface area contributed by atoms with Crippen LogP contribution in [0.25, 0.3) is 0 Å². The zero-order chi connectivity index (χ0) is 11.5. The molecule has 2 nitrogen and oxygen atoms in total. The third kappa shape index (κ3) is 1.87. The molecular formula is C14H18N2. The topological polar surface area (TPSA) is 28.7 Å². The molecule has 1 aromatic heterocycles. The van der Waals surface area contributed by atoms with E-state index in [1.807, 2.05) is 12.4 Å². The van der Waals surface area contributed by atoms with Gasteiger partial charge in [-0.05, 0) is 30.0 Å². The quantitative estimate of drug-likeness (QED) is 0.833. The molecule has 0 spiro atoms. The second kappa shape index (κ2) is 4.52. The van der Waals surface area contributed by atoms with Gasteiger partial charge < -0.3 is 4.98 Å². The fourth-order valence-corrected chi connectivity index (χ4v) is 2.28. The average molecular weight is 214 g/mol. The first-order valence-electron chi connectivity index (χ1n) is 5.81. The van der Waals surface area contributed by atoms with Gasteiger partial charge in [-0.1, -0.05) is 32.0 Å². The van der Waals surface area contributed by atoms with Gasteiger partial charge in [-0.3, -0.25) is 0 Å². The highest BCUT2D eigenvalue weighted by Gasteiger charge is 2.14. The molecule has 0 amide bonds. The number of aryl methyl sites for hydroxylation is 1. The lowest BCUT2D eigenvalue weighted by molar-refractivity contribution is 0.821. The molecule has 0 aliphatic heterocycles. The molecule has 0 aliphatic carbocycles. The van der Waals surface area contributed by atoms with Crippen molar-refractivity contribution in [3.63, 3.8) is 0 Å². The van der Waals surface area contributed by atoms with E-state index in [1.165, 1.54) is 16.7 Å². The van der Waals surface area contributed by atoms with E-state index < -0.39 is 0 Å². The summed E-state index contributed by atoms with van der Waals surface area (Å²) in [4.78, 5) is 7.54. The Bertz CT molecular complexity index is 458. The van der Waals surface area contributed by atoms with Crippen molar-refractivity contribution in [2.45, 2.75) is 33.1 Å². The SMILES string of the molecule is CCc1c(C)cccc1[C@@H](C)c1ncc[nH]1. The van der Waals surface area contributed by atoms with E-state index in [0.29, 0.717) is 5.92 Å². The smallest absolute Gasteiger partial charge is 0.113 e. The summed E-state index contributed by atoms with van der Waals surface area (Å²) in [5, 5.41) is 0. The highest BCUT2D eigenvalue weighted by Crippen LogP contribution is 2.26. The first-order valence-corrected chi connectivity index (χ1v) is 5.81. The minimum Gasteiger partial charge on any atom is -0.348 e. The summed E-state index contributed by atoms with van der Waals surface area (Å²) < 4.78 is 0. The van der Waals surface area contributed by atoms with Crippen LogP contribution < -0.4 is 0 Å². The lowest BCUT2D eigenvalue weighted by Gasteiger charge is -2.15. The lowest BCUT2D eigenvalue weighted by atomic mass is 9.91. The van der Waals surface area contributed by atoms with Gasteiger partial charge in [0.1, 0.15) is 5.82 Å². The van der Waals surface area contributed by atoms with E-state index in [-0.39, 0.29) is 0 Å². The number of aromatic nitrogens is 2. The van der Waals surface area contributed by atoms with Crippen molar-refractivity contribution in [3.05, 3.63) is 53.1 Å². The third-order valence-electron chi connectivity index (χ3n) is 3.20. The van der Waals surface area contributed by atoms with Gasteiger partial charge >= 0.3 is 0 Å². The number of imidazole rings is 1. The second-order valence-electron chi connectivity index (χ2n) is 4.19. The Balaban J connectivity index is 2.44. The molecular weight excluding hydrogens is 196 g/mol. The van der Waals surface area contributed by atoms with Crippen molar-refractivity contribution in [2.24, 2.45) is 0 Å². The van der Waals surface area contributed by atoms with Crippen LogP contribution in [0.3, 0.4) is 0 Å². The summed E-state index contributed by atoms with van der Waals surface area (Å²) in [6.07, 6.45) is 4.77. The summed E-state index contributed by atoms with van der Waals surface area (Å²) >= 11 is 0. The number of hydrogen-bond acceptors (Lipinski definition) is 1. The molecule has 16 heavy (non-hydrogen) atoms. The predicted molar refractivity (Wildman–Crippen MR) is 66.7 cm³/mol. The van der Waals surface area contributed by atoms with Crippen molar-refractivity contribution < 1.29 is 0 Å². The highest BCUT2D eigenvalue weighted by atomic mass is 14.9.